The molecule has 1 N–H and O–H groups in total. The van der Waals surface area contributed by atoms with Crippen LogP contribution in [-0.4, -0.2) is 27.1 Å². The summed E-state index contributed by atoms with van der Waals surface area (Å²) in [6.07, 6.45) is 8.59. The van der Waals surface area contributed by atoms with Gasteiger partial charge in [0.1, 0.15) is 6.61 Å². The lowest BCUT2D eigenvalue weighted by Gasteiger charge is -2.21. The van der Waals surface area contributed by atoms with Gasteiger partial charge in [-0.1, -0.05) is 19.8 Å². The molecule has 1 aliphatic rings. The van der Waals surface area contributed by atoms with Crippen LogP contribution in [0.2, 0.25) is 0 Å². The van der Waals surface area contributed by atoms with Crippen molar-refractivity contribution in [3.8, 4) is 5.75 Å². The SMILES string of the molecule is CCCn1cc(OCC2(O)CCCC2)cn1. The number of ether oxygens (including phenoxy) is 1. The second-order valence-corrected chi connectivity index (χ2v) is 4.66. The minimum Gasteiger partial charge on any atom is -0.487 e. The van der Waals surface area contributed by atoms with Crippen LogP contribution in [0.1, 0.15) is 39.0 Å². The van der Waals surface area contributed by atoms with E-state index in [1.807, 2.05) is 10.9 Å². The standard InChI is InChI=1S/C12H20N2O2/c1-2-7-14-9-11(8-13-14)16-10-12(15)5-3-4-6-12/h8-9,15H,2-7,10H2,1H3. The highest BCUT2D eigenvalue weighted by molar-refractivity contribution is 5.12. The molecule has 0 aromatic carbocycles. The van der Waals surface area contributed by atoms with Crippen molar-refractivity contribution in [3.05, 3.63) is 12.4 Å². The highest BCUT2D eigenvalue weighted by Crippen LogP contribution is 2.29. The third-order valence-corrected chi connectivity index (χ3v) is 3.10. The molecule has 0 bridgehead atoms. The van der Waals surface area contributed by atoms with E-state index >= 15 is 0 Å². The second kappa shape index (κ2) is 4.87. The smallest absolute Gasteiger partial charge is 0.157 e. The summed E-state index contributed by atoms with van der Waals surface area (Å²) >= 11 is 0. The van der Waals surface area contributed by atoms with Gasteiger partial charge in [0, 0.05) is 6.54 Å². The monoisotopic (exact) mass is 224 g/mol. The van der Waals surface area contributed by atoms with Gasteiger partial charge in [0.05, 0.1) is 18.0 Å². The minimum absolute atomic E-state index is 0.394. The van der Waals surface area contributed by atoms with Gasteiger partial charge in [-0.2, -0.15) is 5.10 Å². The number of hydrogen-bond acceptors (Lipinski definition) is 3. The molecule has 0 saturated heterocycles. The number of hydrogen-bond donors (Lipinski definition) is 1. The first-order valence-corrected chi connectivity index (χ1v) is 6.09. The van der Waals surface area contributed by atoms with Gasteiger partial charge >= 0.3 is 0 Å². The average Bonchev–Trinajstić information content (AvgIpc) is 2.86. The van der Waals surface area contributed by atoms with Crippen molar-refractivity contribution in [2.75, 3.05) is 6.61 Å². The molecule has 1 heterocycles. The van der Waals surface area contributed by atoms with E-state index in [0.29, 0.717) is 6.61 Å². The number of nitrogens with zero attached hydrogens (tertiary/aromatic N) is 2. The molecule has 1 aromatic rings. The Labute approximate surface area is 96.2 Å². The van der Waals surface area contributed by atoms with Gasteiger partial charge in [0.2, 0.25) is 0 Å². The molecule has 0 atom stereocenters. The Morgan fingerprint density at radius 3 is 2.94 bits per heavy atom. The van der Waals surface area contributed by atoms with E-state index in [4.69, 9.17) is 4.74 Å². The van der Waals surface area contributed by atoms with Gasteiger partial charge in [0.15, 0.2) is 5.75 Å². The molecule has 1 aromatic heterocycles. The van der Waals surface area contributed by atoms with Crippen molar-refractivity contribution < 1.29 is 9.84 Å². The lowest BCUT2D eigenvalue weighted by atomic mass is 10.0. The molecule has 0 amide bonds. The summed E-state index contributed by atoms with van der Waals surface area (Å²) in [5, 5.41) is 14.3. The zero-order chi connectivity index (χ0) is 11.4. The third-order valence-electron chi connectivity index (χ3n) is 3.10. The van der Waals surface area contributed by atoms with E-state index in [1.54, 1.807) is 6.20 Å². The fraction of sp³-hybridized carbons (Fsp3) is 0.750. The topological polar surface area (TPSA) is 47.3 Å². The zero-order valence-corrected chi connectivity index (χ0v) is 9.85. The van der Waals surface area contributed by atoms with Crippen molar-refractivity contribution >= 4 is 0 Å². The van der Waals surface area contributed by atoms with E-state index < -0.39 is 5.60 Å². The van der Waals surface area contributed by atoms with Gasteiger partial charge in [-0.25, -0.2) is 0 Å². The van der Waals surface area contributed by atoms with Crippen molar-refractivity contribution in [3.63, 3.8) is 0 Å². The highest BCUT2D eigenvalue weighted by Gasteiger charge is 2.31. The summed E-state index contributed by atoms with van der Waals surface area (Å²) in [4.78, 5) is 0. The van der Waals surface area contributed by atoms with Gasteiger partial charge in [0.25, 0.3) is 0 Å². The van der Waals surface area contributed by atoms with Crippen LogP contribution in [0.15, 0.2) is 12.4 Å². The van der Waals surface area contributed by atoms with Crippen LogP contribution < -0.4 is 4.74 Å². The van der Waals surface area contributed by atoms with E-state index in [-0.39, 0.29) is 0 Å². The molecule has 1 saturated carbocycles. The number of aliphatic hydroxyl groups is 1. The maximum absolute atomic E-state index is 10.1. The van der Waals surface area contributed by atoms with Crippen molar-refractivity contribution in [1.82, 2.24) is 9.78 Å². The van der Waals surface area contributed by atoms with Crippen LogP contribution in [0.3, 0.4) is 0 Å². The normalized spacial score (nSPS) is 18.9. The second-order valence-electron chi connectivity index (χ2n) is 4.66. The molecule has 0 radical (unpaired) electrons. The number of rotatable bonds is 5. The fourth-order valence-corrected chi connectivity index (χ4v) is 2.17. The van der Waals surface area contributed by atoms with Crippen LogP contribution in [0, 0.1) is 0 Å². The summed E-state index contributed by atoms with van der Waals surface area (Å²) in [6, 6.07) is 0. The van der Waals surface area contributed by atoms with Crippen LogP contribution in [-0.2, 0) is 6.54 Å². The average molecular weight is 224 g/mol. The molecule has 0 aliphatic heterocycles. The van der Waals surface area contributed by atoms with Gasteiger partial charge < -0.3 is 9.84 Å². The van der Waals surface area contributed by atoms with Crippen molar-refractivity contribution in [1.29, 1.82) is 0 Å². The quantitative estimate of drug-likeness (QED) is 0.832. The summed E-state index contributed by atoms with van der Waals surface area (Å²) in [5.41, 5.74) is -0.604. The Morgan fingerprint density at radius 2 is 2.25 bits per heavy atom. The molecule has 0 spiro atoms. The lowest BCUT2D eigenvalue weighted by molar-refractivity contribution is 0.00138. The Balaban J connectivity index is 1.84. The first-order valence-electron chi connectivity index (χ1n) is 6.09. The fourth-order valence-electron chi connectivity index (χ4n) is 2.17. The maximum Gasteiger partial charge on any atom is 0.157 e. The Bertz CT molecular complexity index is 330. The van der Waals surface area contributed by atoms with Crippen LogP contribution >= 0.6 is 0 Å². The predicted octanol–water partition coefficient (Wildman–Crippen LogP) is 1.98. The zero-order valence-electron chi connectivity index (χ0n) is 9.85. The molecule has 1 fully saturated rings. The van der Waals surface area contributed by atoms with Crippen molar-refractivity contribution in [2.24, 2.45) is 0 Å². The Hall–Kier alpha value is -1.03. The summed E-state index contributed by atoms with van der Waals surface area (Å²) in [5.74, 6) is 0.758. The molecular formula is C12H20N2O2. The molecule has 4 heteroatoms. The highest BCUT2D eigenvalue weighted by atomic mass is 16.5. The van der Waals surface area contributed by atoms with Gasteiger partial charge in [-0.15, -0.1) is 0 Å². The number of aryl methyl sites for hydroxylation is 1. The lowest BCUT2D eigenvalue weighted by Crippen LogP contribution is -2.32. The van der Waals surface area contributed by atoms with Gasteiger partial charge in [-0.3, -0.25) is 4.68 Å². The van der Waals surface area contributed by atoms with Crippen LogP contribution in [0.25, 0.3) is 0 Å². The predicted molar refractivity (Wildman–Crippen MR) is 61.4 cm³/mol. The number of aromatic nitrogens is 2. The summed E-state index contributed by atoms with van der Waals surface area (Å²) < 4.78 is 7.46. The van der Waals surface area contributed by atoms with E-state index in [9.17, 15) is 5.11 Å². The molecular weight excluding hydrogens is 204 g/mol. The van der Waals surface area contributed by atoms with Crippen molar-refractivity contribution in [2.45, 2.75) is 51.2 Å². The third kappa shape index (κ3) is 2.76. The summed E-state index contributed by atoms with van der Waals surface area (Å²) in [6.45, 7) is 3.42. The Morgan fingerprint density at radius 1 is 1.50 bits per heavy atom. The molecule has 2 rings (SSSR count). The largest absolute Gasteiger partial charge is 0.487 e. The molecule has 0 unspecified atom stereocenters. The minimum atomic E-state index is -0.604. The van der Waals surface area contributed by atoms with E-state index in [1.165, 1.54) is 0 Å². The molecule has 4 nitrogen and oxygen atoms in total. The maximum atomic E-state index is 10.1. The van der Waals surface area contributed by atoms with E-state index in [2.05, 4.69) is 12.0 Å². The molecule has 1 aliphatic carbocycles. The molecule has 90 valence electrons. The Kier molecular flexibility index (Phi) is 3.49. The first-order chi connectivity index (χ1) is 7.72. The first kappa shape index (κ1) is 11.5. The van der Waals surface area contributed by atoms with Gasteiger partial charge in [-0.05, 0) is 19.3 Å². The van der Waals surface area contributed by atoms with E-state index in [0.717, 1.165) is 44.4 Å². The van der Waals surface area contributed by atoms with Crippen LogP contribution in [0.5, 0.6) is 5.75 Å². The van der Waals surface area contributed by atoms with Crippen LogP contribution in [0.4, 0.5) is 0 Å². The molecule has 16 heavy (non-hydrogen) atoms. The summed E-state index contributed by atoms with van der Waals surface area (Å²) in [7, 11) is 0.